The Morgan fingerprint density at radius 3 is 2.67 bits per heavy atom. The summed E-state index contributed by atoms with van der Waals surface area (Å²) in [7, 11) is 0. The summed E-state index contributed by atoms with van der Waals surface area (Å²) in [5.41, 5.74) is 1.71. The van der Waals surface area contributed by atoms with Crippen LogP contribution in [-0.2, 0) is 0 Å². The number of hydrogen-bond acceptors (Lipinski definition) is 1. The average molecular weight is 375 g/mol. The number of carbonyl (C=O) groups excluding carboxylic acids is 1. The van der Waals surface area contributed by atoms with E-state index >= 15 is 0 Å². The lowest BCUT2D eigenvalue weighted by atomic mass is 9.99. The summed E-state index contributed by atoms with van der Waals surface area (Å²) in [6, 6.07) is 5.75. The number of nitrogens with one attached hydrogen (secondary N) is 1. The molecule has 18 heavy (non-hydrogen) atoms. The number of rotatable bonds is 3. The number of amides is 1. The Morgan fingerprint density at radius 1 is 1.39 bits per heavy atom. The lowest BCUT2D eigenvalue weighted by Gasteiger charge is -2.28. The lowest BCUT2D eigenvalue weighted by molar-refractivity contribution is 0.0909. The van der Waals surface area contributed by atoms with E-state index in [4.69, 9.17) is 0 Å². The van der Waals surface area contributed by atoms with Crippen LogP contribution in [0.1, 0.15) is 41.6 Å². The van der Waals surface area contributed by atoms with Crippen molar-refractivity contribution in [3.63, 3.8) is 0 Å². The van der Waals surface area contributed by atoms with Crippen LogP contribution in [0.25, 0.3) is 0 Å². The zero-order valence-corrected chi connectivity index (χ0v) is 13.6. The molecule has 1 aliphatic rings. The smallest absolute Gasteiger partial charge is 0.252 e. The highest BCUT2D eigenvalue weighted by Crippen LogP contribution is 2.32. The highest BCUT2D eigenvalue weighted by Gasteiger charge is 2.34. The standard InChI is InChI=1S/C14H17Br2NO/c1-10-11(5-4-6-12(10)16)13(18)17-14(9-15)7-2-3-8-14/h4-6H,2-3,7-9H2,1H3,(H,17,18). The molecule has 1 aromatic carbocycles. The molecule has 0 unspecified atom stereocenters. The van der Waals surface area contributed by atoms with E-state index in [1.807, 2.05) is 25.1 Å². The van der Waals surface area contributed by atoms with Gasteiger partial charge in [0.15, 0.2) is 0 Å². The van der Waals surface area contributed by atoms with Crippen LogP contribution >= 0.6 is 31.9 Å². The van der Waals surface area contributed by atoms with Gasteiger partial charge in [-0.3, -0.25) is 4.79 Å². The molecule has 0 spiro atoms. The molecule has 0 radical (unpaired) electrons. The fraction of sp³-hybridized carbons (Fsp3) is 0.500. The molecule has 0 aromatic heterocycles. The third-order valence-electron chi connectivity index (χ3n) is 3.71. The third kappa shape index (κ3) is 2.80. The Hall–Kier alpha value is -0.350. The minimum atomic E-state index is -0.0498. The molecule has 0 saturated heterocycles. The van der Waals surface area contributed by atoms with Gasteiger partial charge in [0.1, 0.15) is 0 Å². The Balaban J connectivity index is 2.19. The van der Waals surface area contributed by atoms with E-state index in [1.165, 1.54) is 12.8 Å². The highest BCUT2D eigenvalue weighted by molar-refractivity contribution is 9.10. The SMILES string of the molecule is Cc1c(Br)cccc1C(=O)NC1(CBr)CCCC1. The fourth-order valence-corrected chi connectivity index (χ4v) is 3.57. The molecule has 98 valence electrons. The molecule has 1 aromatic rings. The zero-order chi connectivity index (χ0) is 13.2. The van der Waals surface area contributed by atoms with E-state index in [2.05, 4.69) is 37.2 Å². The van der Waals surface area contributed by atoms with Crippen LogP contribution in [0.2, 0.25) is 0 Å². The Morgan fingerprint density at radius 2 is 2.06 bits per heavy atom. The van der Waals surface area contributed by atoms with Gasteiger partial charge < -0.3 is 5.32 Å². The quantitative estimate of drug-likeness (QED) is 0.789. The van der Waals surface area contributed by atoms with Gasteiger partial charge in [0, 0.05) is 15.4 Å². The van der Waals surface area contributed by atoms with E-state index in [9.17, 15) is 4.79 Å². The first-order valence-corrected chi connectivity index (χ1v) is 8.13. The fourth-order valence-electron chi connectivity index (χ4n) is 2.51. The second-order valence-electron chi connectivity index (χ2n) is 4.99. The average Bonchev–Trinajstić information content (AvgIpc) is 2.81. The van der Waals surface area contributed by atoms with E-state index in [-0.39, 0.29) is 11.4 Å². The molecule has 1 saturated carbocycles. The van der Waals surface area contributed by atoms with Gasteiger partial charge in [0.25, 0.3) is 5.91 Å². The van der Waals surface area contributed by atoms with Gasteiger partial charge in [-0.15, -0.1) is 0 Å². The molecule has 1 fully saturated rings. The van der Waals surface area contributed by atoms with Gasteiger partial charge in [0.2, 0.25) is 0 Å². The Bertz CT molecular complexity index is 453. The van der Waals surface area contributed by atoms with Crippen molar-refractivity contribution < 1.29 is 4.79 Å². The summed E-state index contributed by atoms with van der Waals surface area (Å²) in [5, 5.41) is 4.05. The molecule has 2 nitrogen and oxygen atoms in total. The summed E-state index contributed by atoms with van der Waals surface area (Å²) in [6.07, 6.45) is 4.53. The van der Waals surface area contributed by atoms with Crippen LogP contribution in [0.5, 0.6) is 0 Å². The van der Waals surface area contributed by atoms with Gasteiger partial charge >= 0.3 is 0 Å². The summed E-state index contributed by atoms with van der Waals surface area (Å²) in [4.78, 5) is 12.4. The van der Waals surface area contributed by atoms with Crippen molar-refractivity contribution in [1.29, 1.82) is 0 Å². The van der Waals surface area contributed by atoms with Crippen molar-refractivity contribution in [2.24, 2.45) is 0 Å². The van der Waals surface area contributed by atoms with Crippen LogP contribution in [0.15, 0.2) is 22.7 Å². The monoisotopic (exact) mass is 373 g/mol. The summed E-state index contributed by atoms with van der Waals surface area (Å²) >= 11 is 7.01. The highest BCUT2D eigenvalue weighted by atomic mass is 79.9. The van der Waals surface area contributed by atoms with E-state index in [0.29, 0.717) is 0 Å². The van der Waals surface area contributed by atoms with Gasteiger partial charge in [-0.1, -0.05) is 50.8 Å². The first-order valence-electron chi connectivity index (χ1n) is 6.22. The predicted molar refractivity (Wildman–Crippen MR) is 81.3 cm³/mol. The van der Waals surface area contributed by atoms with Crippen LogP contribution in [0.4, 0.5) is 0 Å². The minimum Gasteiger partial charge on any atom is -0.346 e. The van der Waals surface area contributed by atoms with Gasteiger partial charge in [-0.2, -0.15) is 0 Å². The van der Waals surface area contributed by atoms with Crippen LogP contribution < -0.4 is 5.32 Å². The summed E-state index contributed by atoms with van der Waals surface area (Å²) < 4.78 is 0.981. The third-order valence-corrected chi connectivity index (χ3v) is 5.64. The predicted octanol–water partition coefficient (Wildman–Crippen LogP) is 4.20. The first kappa shape index (κ1) is 14.1. The van der Waals surface area contributed by atoms with E-state index < -0.39 is 0 Å². The maximum atomic E-state index is 12.4. The summed E-state index contributed by atoms with van der Waals surface area (Å²) in [5.74, 6) is 0.0372. The lowest BCUT2D eigenvalue weighted by Crippen LogP contribution is -2.47. The van der Waals surface area contributed by atoms with Gasteiger partial charge in [-0.25, -0.2) is 0 Å². The first-order chi connectivity index (χ1) is 8.58. The Kier molecular flexibility index (Phi) is 4.49. The zero-order valence-electron chi connectivity index (χ0n) is 10.4. The molecular formula is C14H17Br2NO. The van der Waals surface area contributed by atoms with Crippen molar-refractivity contribution in [2.75, 3.05) is 5.33 Å². The number of carbonyl (C=O) groups is 1. The molecule has 0 atom stereocenters. The molecule has 1 aliphatic carbocycles. The van der Waals surface area contributed by atoms with Gasteiger partial charge in [-0.05, 0) is 37.5 Å². The van der Waals surface area contributed by atoms with Crippen molar-refractivity contribution in [3.05, 3.63) is 33.8 Å². The maximum absolute atomic E-state index is 12.4. The van der Waals surface area contributed by atoms with Crippen LogP contribution in [0, 0.1) is 6.92 Å². The minimum absolute atomic E-state index is 0.0372. The molecule has 4 heteroatoms. The second-order valence-corrected chi connectivity index (χ2v) is 6.40. The number of halogens is 2. The Labute approximate surface area is 125 Å². The molecule has 2 rings (SSSR count). The topological polar surface area (TPSA) is 29.1 Å². The second kappa shape index (κ2) is 5.74. The number of benzene rings is 1. The van der Waals surface area contributed by atoms with Gasteiger partial charge in [0.05, 0.1) is 5.54 Å². The maximum Gasteiger partial charge on any atom is 0.252 e. The molecule has 1 amide bonds. The molecular weight excluding hydrogens is 358 g/mol. The van der Waals surface area contributed by atoms with E-state index in [1.54, 1.807) is 0 Å². The number of hydrogen-bond donors (Lipinski definition) is 1. The van der Waals surface area contributed by atoms with Crippen LogP contribution in [-0.4, -0.2) is 16.8 Å². The van der Waals surface area contributed by atoms with Crippen LogP contribution in [0.3, 0.4) is 0 Å². The van der Waals surface area contributed by atoms with Crippen molar-refractivity contribution in [1.82, 2.24) is 5.32 Å². The largest absolute Gasteiger partial charge is 0.346 e. The molecule has 0 aliphatic heterocycles. The molecule has 0 heterocycles. The van der Waals surface area contributed by atoms with E-state index in [0.717, 1.165) is 33.8 Å². The number of alkyl halides is 1. The summed E-state index contributed by atoms with van der Waals surface area (Å²) in [6.45, 7) is 1.97. The normalized spacial score (nSPS) is 17.7. The molecule has 0 bridgehead atoms. The molecule has 1 N–H and O–H groups in total. The van der Waals surface area contributed by atoms with Crippen molar-refractivity contribution in [2.45, 2.75) is 38.1 Å². The van der Waals surface area contributed by atoms with Crippen molar-refractivity contribution in [3.8, 4) is 0 Å². The van der Waals surface area contributed by atoms with Crippen molar-refractivity contribution >= 4 is 37.8 Å².